The van der Waals surface area contributed by atoms with E-state index in [0.29, 0.717) is 6.54 Å². The Balaban J connectivity index is 1.75. The highest BCUT2D eigenvalue weighted by atomic mass is 16.5. The maximum atomic E-state index is 12.3. The van der Waals surface area contributed by atoms with Crippen LogP contribution in [0, 0.1) is 13.8 Å². The van der Waals surface area contributed by atoms with Crippen LogP contribution in [0.15, 0.2) is 42.5 Å². The van der Waals surface area contributed by atoms with Gasteiger partial charge in [0.25, 0.3) is 5.91 Å². The SMILES string of the molecule is Cc1ccc(O[C@@H](C)C(=O)NCCCc2cccc(OC(C)C)c2)c(C)c1. The van der Waals surface area contributed by atoms with E-state index in [1.807, 2.05) is 52.0 Å². The summed E-state index contributed by atoms with van der Waals surface area (Å²) in [6.45, 7) is 10.5. The molecule has 0 aliphatic heterocycles. The zero-order chi connectivity index (χ0) is 19.8. The Morgan fingerprint density at radius 3 is 2.52 bits per heavy atom. The van der Waals surface area contributed by atoms with Gasteiger partial charge in [0.2, 0.25) is 0 Å². The number of aryl methyl sites for hydroxylation is 3. The summed E-state index contributed by atoms with van der Waals surface area (Å²) in [4.78, 5) is 12.3. The molecule has 0 saturated heterocycles. The van der Waals surface area contributed by atoms with Gasteiger partial charge in [-0.2, -0.15) is 0 Å². The minimum atomic E-state index is -0.519. The van der Waals surface area contributed by atoms with Crippen LogP contribution in [-0.2, 0) is 11.2 Å². The molecule has 0 aliphatic carbocycles. The number of hydrogen-bond acceptors (Lipinski definition) is 3. The Bertz CT molecular complexity index is 755. The Morgan fingerprint density at radius 1 is 1.04 bits per heavy atom. The molecule has 0 radical (unpaired) electrons. The first-order valence-electron chi connectivity index (χ1n) is 9.62. The molecule has 27 heavy (non-hydrogen) atoms. The van der Waals surface area contributed by atoms with Gasteiger partial charge >= 0.3 is 0 Å². The summed E-state index contributed by atoms with van der Waals surface area (Å²) in [5.41, 5.74) is 3.43. The highest BCUT2D eigenvalue weighted by Crippen LogP contribution is 2.20. The largest absolute Gasteiger partial charge is 0.491 e. The summed E-state index contributed by atoms with van der Waals surface area (Å²) in [6, 6.07) is 14.1. The first-order valence-corrected chi connectivity index (χ1v) is 9.62. The van der Waals surface area contributed by atoms with Gasteiger partial charge in [-0.1, -0.05) is 29.8 Å². The van der Waals surface area contributed by atoms with E-state index in [1.165, 1.54) is 11.1 Å². The number of nitrogens with one attached hydrogen (secondary N) is 1. The van der Waals surface area contributed by atoms with Gasteiger partial charge in [-0.15, -0.1) is 0 Å². The molecule has 1 amide bonds. The first-order chi connectivity index (χ1) is 12.8. The minimum absolute atomic E-state index is 0.0909. The van der Waals surface area contributed by atoms with E-state index in [4.69, 9.17) is 9.47 Å². The second-order valence-corrected chi connectivity index (χ2v) is 7.24. The van der Waals surface area contributed by atoms with Gasteiger partial charge < -0.3 is 14.8 Å². The summed E-state index contributed by atoms with van der Waals surface area (Å²) < 4.78 is 11.5. The smallest absolute Gasteiger partial charge is 0.260 e. The summed E-state index contributed by atoms with van der Waals surface area (Å²) in [6.07, 6.45) is 1.40. The zero-order valence-corrected chi connectivity index (χ0v) is 17.0. The van der Waals surface area contributed by atoms with Gasteiger partial charge in [0.15, 0.2) is 6.10 Å². The van der Waals surface area contributed by atoms with Crippen LogP contribution in [0.2, 0.25) is 0 Å². The van der Waals surface area contributed by atoms with Crippen LogP contribution < -0.4 is 14.8 Å². The van der Waals surface area contributed by atoms with E-state index in [1.54, 1.807) is 6.92 Å². The van der Waals surface area contributed by atoms with Crippen LogP contribution in [-0.4, -0.2) is 24.7 Å². The number of carbonyl (C=O) groups excluding carboxylic acids is 1. The summed E-state index contributed by atoms with van der Waals surface area (Å²) in [7, 11) is 0. The van der Waals surface area contributed by atoms with Crippen molar-refractivity contribution >= 4 is 5.91 Å². The molecule has 4 heteroatoms. The first kappa shape index (κ1) is 20.8. The van der Waals surface area contributed by atoms with Crippen LogP contribution in [0.25, 0.3) is 0 Å². The summed E-state index contributed by atoms with van der Waals surface area (Å²) in [5, 5.41) is 2.96. The molecule has 0 bridgehead atoms. The molecule has 0 heterocycles. The molecule has 2 rings (SSSR count). The molecule has 146 valence electrons. The maximum Gasteiger partial charge on any atom is 0.260 e. The lowest BCUT2D eigenvalue weighted by atomic mass is 10.1. The summed E-state index contributed by atoms with van der Waals surface area (Å²) in [5.74, 6) is 1.55. The van der Waals surface area contributed by atoms with Gasteiger partial charge in [-0.3, -0.25) is 4.79 Å². The molecule has 0 saturated carbocycles. The average molecular weight is 370 g/mol. The van der Waals surface area contributed by atoms with Crippen molar-refractivity contribution < 1.29 is 14.3 Å². The van der Waals surface area contributed by atoms with Crippen molar-refractivity contribution in [3.8, 4) is 11.5 Å². The third kappa shape index (κ3) is 6.97. The van der Waals surface area contributed by atoms with E-state index in [-0.39, 0.29) is 12.0 Å². The Hall–Kier alpha value is -2.49. The van der Waals surface area contributed by atoms with Crippen molar-refractivity contribution in [1.29, 1.82) is 0 Å². The summed E-state index contributed by atoms with van der Waals surface area (Å²) >= 11 is 0. The third-order valence-electron chi connectivity index (χ3n) is 4.22. The standard InChI is InChI=1S/C23H31NO3/c1-16(2)26-21-10-6-8-20(15-21)9-7-13-24-23(25)19(5)27-22-12-11-17(3)14-18(22)4/h6,8,10-12,14-16,19H,7,9,13H2,1-5H3,(H,24,25)/t19-/m0/s1. The molecule has 0 aliphatic rings. The minimum Gasteiger partial charge on any atom is -0.491 e. The molecular formula is C23H31NO3. The van der Waals surface area contributed by atoms with Crippen molar-refractivity contribution in [2.45, 2.75) is 59.7 Å². The fourth-order valence-electron chi connectivity index (χ4n) is 2.87. The average Bonchev–Trinajstić information content (AvgIpc) is 2.60. The second-order valence-electron chi connectivity index (χ2n) is 7.24. The quantitative estimate of drug-likeness (QED) is 0.657. The normalized spacial score (nSPS) is 11.9. The van der Waals surface area contributed by atoms with Gasteiger partial charge in [0.05, 0.1) is 6.10 Å². The highest BCUT2D eigenvalue weighted by molar-refractivity contribution is 5.80. The van der Waals surface area contributed by atoms with Crippen LogP contribution in [0.1, 0.15) is 43.9 Å². The van der Waals surface area contributed by atoms with Crippen molar-refractivity contribution in [1.82, 2.24) is 5.32 Å². The molecule has 0 aromatic heterocycles. The number of amides is 1. The molecule has 1 atom stereocenters. The van der Waals surface area contributed by atoms with Crippen molar-refractivity contribution in [3.63, 3.8) is 0 Å². The van der Waals surface area contributed by atoms with E-state index < -0.39 is 6.10 Å². The topological polar surface area (TPSA) is 47.6 Å². The Kier molecular flexibility index (Phi) is 7.71. The molecular weight excluding hydrogens is 338 g/mol. The number of carbonyl (C=O) groups is 1. The molecule has 1 N–H and O–H groups in total. The van der Waals surface area contributed by atoms with E-state index >= 15 is 0 Å². The predicted molar refractivity (Wildman–Crippen MR) is 110 cm³/mol. The fourth-order valence-corrected chi connectivity index (χ4v) is 2.87. The molecule has 0 spiro atoms. The van der Waals surface area contributed by atoms with E-state index in [0.717, 1.165) is 29.9 Å². The van der Waals surface area contributed by atoms with Crippen molar-refractivity contribution in [2.24, 2.45) is 0 Å². The number of rotatable bonds is 9. The number of ether oxygens (including phenoxy) is 2. The van der Waals surface area contributed by atoms with Crippen LogP contribution in [0.4, 0.5) is 0 Å². The Morgan fingerprint density at radius 2 is 1.81 bits per heavy atom. The Labute approximate surface area is 162 Å². The predicted octanol–water partition coefficient (Wildman–Crippen LogP) is 4.61. The number of benzene rings is 2. The highest BCUT2D eigenvalue weighted by Gasteiger charge is 2.15. The molecule has 0 fully saturated rings. The third-order valence-corrected chi connectivity index (χ3v) is 4.22. The van der Waals surface area contributed by atoms with Gasteiger partial charge in [0.1, 0.15) is 11.5 Å². The van der Waals surface area contributed by atoms with E-state index in [2.05, 4.69) is 23.5 Å². The fraction of sp³-hybridized carbons (Fsp3) is 0.435. The lowest BCUT2D eigenvalue weighted by Gasteiger charge is -2.16. The van der Waals surface area contributed by atoms with E-state index in [9.17, 15) is 4.79 Å². The molecule has 4 nitrogen and oxygen atoms in total. The lowest BCUT2D eigenvalue weighted by Crippen LogP contribution is -2.37. The van der Waals surface area contributed by atoms with Crippen LogP contribution in [0.5, 0.6) is 11.5 Å². The van der Waals surface area contributed by atoms with Crippen molar-refractivity contribution in [3.05, 3.63) is 59.2 Å². The molecule has 2 aromatic rings. The monoisotopic (exact) mass is 369 g/mol. The molecule has 2 aromatic carbocycles. The lowest BCUT2D eigenvalue weighted by molar-refractivity contribution is -0.127. The number of hydrogen-bond donors (Lipinski definition) is 1. The van der Waals surface area contributed by atoms with Crippen LogP contribution in [0.3, 0.4) is 0 Å². The van der Waals surface area contributed by atoms with Gasteiger partial charge in [-0.05, 0) is 76.8 Å². The second kappa shape index (κ2) is 10.0. The zero-order valence-electron chi connectivity index (χ0n) is 17.0. The maximum absolute atomic E-state index is 12.3. The van der Waals surface area contributed by atoms with Crippen molar-refractivity contribution in [2.75, 3.05) is 6.54 Å². The van der Waals surface area contributed by atoms with Gasteiger partial charge in [0, 0.05) is 6.54 Å². The molecule has 0 unspecified atom stereocenters. The van der Waals surface area contributed by atoms with Crippen LogP contribution >= 0.6 is 0 Å². The van der Waals surface area contributed by atoms with Gasteiger partial charge in [-0.25, -0.2) is 0 Å².